The van der Waals surface area contributed by atoms with Crippen LogP contribution in [-0.2, 0) is 0 Å². The van der Waals surface area contributed by atoms with Gasteiger partial charge in [-0.3, -0.25) is 0 Å². The van der Waals surface area contributed by atoms with Gasteiger partial charge in [0.15, 0.2) is 17.4 Å². The SMILES string of the molecule is C=CCC1CCC(C2CCC(c3cc(F)c(OC(F)F)c(F)c3)CC2)CC1. The predicted molar refractivity (Wildman–Crippen MR) is 98.0 cm³/mol. The first-order chi connectivity index (χ1) is 13.0. The number of alkyl halides is 2. The molecule has 1 aromatic carbocycles. The molecule has 2 fully saturated rings. The van der Waals surface area contributed by atoms with Gasteiger partial charge in [0, 0.05) is 0 Å². The highest BCUT2D eigenvalue weighted by Crippen LogP contribution is 2.45. The molecule has 0 aliphatic heterocycles. The van der Waals surface area contributed by atoms with Gasteiger partial charge in [-0.15, -0.1) is 6.58 Å². The highest BCUT2D eigenvalue weighted by Gasteiger charge is 2.31. The van der Waals surface area contributed by atoms with E-state index in [2.05, 4.69) is 11.3 Å². The van der Waals surface area contributed by atoms with Gasteiger partial charge in [0.2, 0.25) is 0 Å². The maximum Gasteiger partial charge on any atom is 0.387 e. The van der Waals surface area contributed by atoms with Crippen LogP contribution < -0.4 is 4.74 Å². The minimum atomic E-state index is -3.24. The predicted octanol–water partition coefficient (Wildman–Crippen LogP) is 7.22. The Morgan fingerprint density at radius 3 is 1.93 bits per heavy atom. The second kappa shape index (κ2) is 9.11. The van der Waals surface area contributed by atoms with E-state index < -0.39 is 24.0 Å². The number of halogens is 4. The number of hydrogen-bond acceptors (Lipinski definition) is 1. The molecule has 0 heterocycles. The Morgan fingerprint density at radius 2 is 1.44 bits per heavy atom. The molecule has 1 nitrogen and oxygen atoms in total. The molecule has 2 aliphatic rings. The molecule has 0 aromatic heterocycles. The van der Waals surface area contributed by atoms with E-state index in [4.69, 9.17) is 0 Å². The lowest BCUT2D eigenvalue weighted by atomic mass is 9.68. The summed E-state index contributed by atoms with van der Waals surface area (Å²) < 4.78 is 56.5. The molecule has 0 radical (unpaired) electrons. The van der Waals surface area contributed by atoms with Crippen molar-refractivity contribution in [2.24, 2.45) is 17.8 Å². The lowest BCUT2D eigenvalue weighted by Crippen LogP contribution is -2.25. The quantitative estimate of drug-likeness (QED) is 0.371. The fraction of sp³-hybridized carbons (Fsp3) is 0.636. The van der Waals surface area contributed by atoms with Crippen LogP contribution in [0.25, 0.3) is 0 Å². The Labute approximate surface area is 158 Å². The van der Waals surface area contributed by atoms with Crippen molar-refractivity contribution in [3.05, 3.63) is 42.0 Å². The molecular weight excluding hydrogens is 356 g/mol. The maximum atomic E-state index is 14.0. The van der Waals surface area contributed by atoms with E-state index in [0.717, 1.165) is 56.1 Å². The van der Waals surface area contributed by atoms with Crippen LogP contribution in [0.2, 0.25) is 0 Å². The van der Waals surface area contributed by atoms with Crippen LogP contribution >= 0.6 is 0 Å². The summed E-state index contributed by atoms with van der Waals surface area (Å²) >= 11 is 0. The molecular formula is C22H28F4O. The van der Waals surface area contributed by atoms with Gasteiger partial charge < -0.3 is 4.74 Å². The zero-order valence-corrected chi connectivity index (χ0v) is 15.6. The molecule has 2 aliphatic carbocycles. The number of benzene rings is 1. The fourth-order valence-corrected chi connectivity index (χ4v) is 5.07. The van der Waals surface area contributed by atoms with Crippen molar-refractivity contribution in [1.82, 2.24) is 0 Å². The minimum absolute atomic E-state index is 0.0861. The van der Waals surface area contributed by atoms with Gasteiger partial charge in [0.05, 0.1) is 0 Å². The first-order valence-corrected chi connectivity index (χ1v) is 10.0. The monoisotopic (exact) mass is 384 g/mol. The van der Waals surface area contributed by atoms with E-state index in [1.807, 2.05) is 6.08 Å². The molecule has 0 bridgehead atoms. The van der Waals surface area contributed by atoms with E-state index in [1.54, 1.807) is 0 Å². The molecule has 0 amide bonds. The lowest BCUT2D eigenvalue weighted by molar-refractivity contribution is -0.0546. The molecule has 1 aromatic rings. The highest BCUT2D eigenvalue weighted by molar-refractivity contribution is 5.33. The van der Waals surface area contributed by atoms with Crippen LogP contribution in [-0.4, -0.2) is 6.61 Å². The average Bonchev–Trinajstić information content (AvgIpc) is 2.65. The maximum absolute atomic E-state index is 14.0. The number of hydrogen-bond donors (Lipinski definition) is 0. The first kappa shape index (κ1) is 20.2. The van der Waals surface area contributed by atoms with Crippen molar-refractivity contribution >= 4 is 0 Å². The summed E-state index contributed by atoms with van der Waals surface area (Å²) in [6.45, 7) is 0.595. The third-order valence-corrected chi connectivity index (χ3v) is 6.53. The summed E-state index contributed by atoms with van der Waals surface area (Å²) in [7, 11) is 0. The molecule has 2 saturated carbocycles. The Hall–Kier alpha value is -1.52. The van der Waals surface area contributed by atoms with Crippen molar-refractivity contribution < 1.29 is 22.3 Å². The fourth-order valence-electron chi connectivity index (χ4n) is 5.07. The first-order valence-electron chi connectivity index (χ1n) is 10.0. The van der Waals surface area contributed by atoms with Crippen molar-refractivity contribution in [3.63, 3.8) is 0 Å². The van der Waals surface area contributed by atoms with E-state index in [1.165, 1.54) is 25.7 Å². The van der Waals surface area contributed by atoms with Gasteiger partial charge in [-0.05, 0) is 99.2 Å². The summed E-state index contributed by atoms with van der Waals surface area (Å²) in [6, 6.07) is 2.32. The second-order valence-electron chi connectivity index (χ2n) is 8.11. The molecule has 27 heavy (non-hydrogen) atoms. The zero-order chi connectivity index (χ0) is 19.4. The number of rotatable bonds is 6. The van der Waals surface area contributed by atoms with Crippen molar-refractivity contribution in [1.29, 1.82) is 0 Å². The minimum Gasteiger partial charge on any atom is -0.429 e. The second-order valence-corrected chi connectivity index (χ2v) is 8.11. The molecule has 5 heteroatoms. The molecule has 0 saturated heterocycles. The Kier molecular flexibility index (Phi) is 6.83. The summed E-state index contributed by atoms with van der Waals surface area (Å²) in [5.74, 6) is -0.748. The largest absolute Gasteiger partial charge is 0.429 e. The van der Waals surface area contributed by atoms with Gasteiger partial charge in [-0.25, -0.2) is 8.78 Å². The molecule has 0 spiro atoms. The van der Waals surface area contributed by atoms with Crippen LogP contribution in [0.5, 0.6) is 5.75 Å². The average molecular weight is 384 g/mol. The van der Waals surface area contributed by atoms with E-state index in [9.17, 15) is 17.6 Å². The molecule has 3 rings (SSSR count). The standard InChI is InChI=1S/C22H28F4O/c1-2-3-14-4-6-15(7-5-14)16-8-10-17(11-9-16)18-12-19(23)21(20(24)13-18)27-22(25)26/h2,12-17,22H,1,3-11H2. The van der Waals surface area contributed by atoms with Crippen molar-refractivity contribution in [2.75, 3.05) is 0 Å². The van der Waals surface area contributed by atoms with Gasteiger partial charge in [0.1, 0.15) is 0 Å². The number of ether oxygens (including phenoxy) is 1. The van der Waals surface area contributed by atoms with Crippen LogP contribution in [0.3, 0.4) is 0 Å². The summed E-state index contributed by atoms with van der Waals surface area (Å²) in [6.07, 6.45) is 12.2. The Morgan fingerprint density at radius 1 is 0.926 bits per heavy atom. The third-order valence-electron chi connectivity index (χ3n) is 6.53. The lowest BCUT2D eigenvalue weighted by Gasteiger charge is -2.38. The van der Waals surface area contributed by atoms with Crippen LogP contribution in [0.1, 0.15) is 69.3 Å². The topological polar surface area (TPSA) is 9.23 Å². The van der Waals surface area contributed by atoms with E-state index in [0.29, 0.717) is 11.5 Å². The molecule has 0 unspecified atom stereocenters. The van der Waals surface area contributed by atoms with Gasteiger partial charge in [0.25, 0.3) is 0 Å². The highest BCUT2D eigenvalue weighted by atomic mass is 19.3. The van der Waals surface area contributed by atoms with E-state index in [-0.39, 0.29) is 5.92 Å². The van der Waals surface area contributed by atoms with Gasteiger partial charge in [-0.1, -0.05) is 6.08 Å². The number of allylic oxidation sites excluding steroid dienone is 1. The molecule has 0 atom stereocenters. The van der Waals surface area contributed by atoms with Crippen LogP contribution in [0.15, 0.2) is 24.8 Å². The molecule has 150 valence electrons. The summed E-state index contributed by atoms with van der Waals surface area (Å²) in [5.41, 5.74) is 0.555. The summed E-state index contributed by atoms with van der Waals surface area (Å²) in [5, 5.41) is 0. The summed E-state index contributed by atoms with van der Waals surface area (Å²) in [4.78, 5) is 0. The van der Waals surface area contributed by atoms with Crippen LogP contribution in [0, 0.1) is 29.4 Å². The van der Waals surface area contributed by atoms with Crippen molar-refractivity contribution in [3.8, 4) is 5.75 Å². The molecule has 0 N–H and O–H groups in total. The van der Waals surface area contributed by atoms with Gasteiger partial charge in [-0.2, -0.15) is 8.78 Å². The van der Waals surface area contributed by atoms with Gasteiger partial charge >= 0.3 is 6.61 Å². The van der Waals surface area contributed by atoms with Crippen LogP contribution in [0.4, 0.5) is 17.6 Å². The van der Waals surface area contributed by atoms with Crippen molar-refractivity contribution in [2.45, 2.75) is 70.3 Å². The Bertz CT molecular complexity index is 606. The normalized spacial score (nSPS) is 28.9. The smallest absolute Gasteiger partial charge is 0.387 e. The van der Waals surface area contributed by atoms with E-state index >= 15 is 0 Å². The third kappa shape index (κ3) is 5.05. The Balaban J connectivity index is 1.56. The zero-order valence-electron chi connectivity index (χ0n) is 15.6.